The van der Waals surface area contributed by atoms with Crippen LogP contribution in [0.15, 0.2) is 16.3 Å². The maximum Gasteiger partial charge on any atom is 0.390 e. The summed E-state index contributed by atoms with van der Waals surface area (Å²) >= 11 is 1.25. The topological polar surface area (TPSA) is 58.2 Å². The predicted octanol–water partition coefficient (Wildman–Crippen LogP) is 2.09. The van der Waals surface area contributed by atoms with Gasteiger partial charge >= 0.3 is 6.18 Å². The first-order chi connectivity index (χ1) is 8.76. The Morgan fingerprint density at radius 1 is 1.37 bits per heavy atom. The van der Waals surface area contributed by atoms with Gasteiger partial charge in [0.25, 0.3) is 0 Å². The van der Waals surface area contributed by atoms with E-state index in [9.17, 15) is 21.6 Å². The lowest BCUT2D eigenvalue weighted by Gasteiger charge is -2.09. The minimum atomic E-state index is -4.37. The lowest BCUT2D eigenvalue weighted by Crippen LogP contribution is -2.28. The third kappa shape index (κ3) is 5.47. The molecular formula is C10H15F3N2O2S2. The molecule has 0 saturated heterocycles. The van der Waals surface area contributed by atoms with Crippen LogP contribution in [-0.4, -0.2) is 27.7 Å². The fraction of sp³-hybridized carbons (Fsp3) is 0.600. The normalized spacial score (nSPS) is 12.8. The van der Waals surface area contributed by atoms with Gasteiger partial charge in [-0.25, -0.2) is 13.1 Å². The molecule has 0 unspecified atom stereocenters. The summed E-state index contributed by atoms with van der Waals surface area (Å²) in [6, 6.07) is 1.40. The predicted molar refractivity (Wildman–Crippen MR) is 67.6 cm³/mol. The van der Waals surface area contributed by atoms with E-state index in [-0.39, 0.29) is 4.90 Å². The van der Waals surface area contributed by atoms with E-state index in [0.717, 1.165) is 0 Å². The molecule has 0 atom stereocenters. The zero-order valence-electron chi connectivity index (χ0n) is 10.3. The monoisotopic (exact) mass is 316 g/mol. The van der Waals surface area contributed by atoms with Crippen molar-refractivity contribution < 1.29 is 21.6 Å². The number of rotatable bonds is 7. The van der Waals surface area contributed by atoms with Crippen molar-refractivity contribution in [1.29, 1.82) is 0 Å². The minimum Gasteiger partial charge on any atom is -0.312 e. The lowest BCUT2D eigenvalue weighted by atomic mass is 10.4. The molecule has 0 bridgehead atoms. The molecule has 0 spiro atoms. The minimum absolute atomic E-state index is 0.0422. The van der Waals surface area contributed by atoms with Gasteiger partial charge in [-0.3, -0.25) is 0 Å². The highest BCUT2D eigenvalue weighted by Crippen LogP contribution is 2.23. The van der Waals surface area contributed by atoms with Gasteiger partial charge in [-0.05, 0) is 18.0 Å². The third-order valence-corrected chi connectivity index (χ3v) is 4.83. The maximum atomic E-state index is 12.0. The largest absolute Gasteiger partial charge is 0.390 e. The highest BCUT2D eigenvalue weighted by molar-refractivity contribution is 7.89. The Bertz CT molecular complexity index is 497. The number of thiophene rings is 1. The van der Waals surface area contributed by atoms with Crippen molar-refractivity contribution in [3.63, 3.8) is 0 Å². The highest BCUT2D eigenvalue weighted by Gasteiger charge is 2.28. The molecule has 0 aliphatic rings. The van der Waals surface area contributed by atoms with Crippen LogP contribution >= 0.6 is 11.3 Å². The molecule has 1 heterocycles. The zero-order valence-corrected chi connectivity index (χ0v) is 11.9. The third-order valence-electron chi connectivity index (χ3n) is 2.23. The Hall–Kier alpha value is -0.640. The van der Waals surface area contributed by atoms with E-state index < -0.39 is 29.2 Å². The molecule has 0 aliphatic heterocycles. The van der Waals surface area contributed by atoms with Crippen LogP contribution in [0, 0.1) is 0 Å². The average Bonchev–Trinajstić information content (AvgIpc) is 2.72. The number of hydrogen-bond acceptors (Lipinski definition) is 4. The van der Waals surface area contributed by atoms with Crippen molar-refractivity contribution in [3.05, 3.63) is 16.3 Å². The van der Waals surface area contributed by atoms with Gasteiger partial charge in [0.1, 0.15) is 0 Å². The number of alkyl halides is 3. The van der Waals surface area contributed by atoms with Gasteiger partial charge in [-0.15, -0.1) is 11.3 Å². The van der Waals surface area contributed by atoms with Gasteiger partial charge in [-0.1, -0.05) is 6.92 Å². The molecule has 1 rings (SSSR count). The van der Waals surface area contributed by atoms with Crippen LogP contribution in [0.5, 0.6) is 0 Å². The Kier molecular flexibility index (Phi) is 5.78. The molecule has 0 amide bonds. The fourth-order valence-corrected chi connectivity index (χ4v) is 3.78. The van der Waals surface area contributed by atoms with Crippen LogP contribution in [0.1, 0.15) is 18.2 Å². The van der Waals surface area contributed by atoms with Crippen LogP contribution in [0.3, 0.4) is 0 Å². The summed E-state index contributed by atoms with van der Waals surface area (Å²) < 4.78 is 61.6. The number of sulfonamides is 1. The van der Waals surface area contributed by atoms with Crippen molar-refractivity contribution in [2.45, 2.75) is 31.0 Å². The maximum absolute atomic E-state index is 12.0. The summed E-state index contributed by atoms with van der Waals surface area (Å²) in [6.07, 6.45) is -5.55. The number of halogens is 3. The molecule has 1 aromatic heterocycles. The van der Waals surface area contributed by atoms with E-state index >= 15 is 0 Å². The van der Waals surface area contributed by atoms with Crippen molar-refractivity contribution >= 4 is 21.4 Å². The first-order valence-corrected chi connectivity index (χ1v) is 7.96. The van der Waals surface area contributed by atoms with Crippen LogP contribution in [0.4, 0.5) is 13.2 Å². The Morgan fingerprint density at radius 3 is 2.63 bits per heavy atom. The Morgan fingerprint density at radius 2 is 2.05 bits per heavy atom. The second kappa shape index (κ2) is 6.69. The van der Waals surface area contributed by atoms with Crippen molar-refractivity contribution in [2.24, 2.45) is 0 Å². The van der Waals surface area contributed by atoms with Crippen LogP contribution in [0.2, 0.25) is 0 Å². The van der Waals surface area contributed by atoms with Gasteiger partial charge in [-0.2, -0.15) is 13.2 Å². The van der Waals surface area contributed by atoms with E-state index in [0.29, 0.717) is 18.0 Å². The summed E-state index contributed by atoms with van der Waals surface area (Å²) in [5, 5.41) is 4.58. The van der Waals surface area contributed by atoms with Gasteiger partial charge < -0.3 is 5.32 Å². The van der Waals surface area contributed by atoms with Gasteiger partial charge in [0.15, 0.2) is 0 Å². The molecular weight excluding hydrogens is 301 g/mol. The molecule has 0 fully saturated rings. The van der Waals surface area contributed by atoms with Gasteiger partial charge in [0.05, 0.1) is 11.3 Å². The average molecular weight is 316 g/mol. The molecule has 0 aliphatic carbocycles. The summed E-state index contributed by atoms with van der Waals surface area (Å²) in [5.74, 6) is 0. The second-order valence-electron chi connectivity index (χ2n) is 3.75. The van der Waals surface area contributed by atoms with Crippen LogP contribution < -0.4 is 10.0 Å². The SMILES string of the molecule is CCNCc1sccc1S(=O)(=O)NCCC(F)(F)F. The fourth-order valence-electron chi connectivity index (χ4n) is 1.34. The number of nitrogens with one attached hydrogen (secondary N) is 2. The van der Waals surface area contributed by atoms with E-state index in [4.69, 9.17) is 0 Å². The lowest BCUT2D eigenvalue weighted by molar-refractivity contribution is -0.132. The molecule has 0 aromatic carbocycles. The molecule has 1 aromatic rings. The standard InChI is InChI=1S/C10H15F3N2O2S2/c1-2-14-7-8-9(3-6-18-8)19(16,17)15-5-4-10(11,12)13/h3,6,14-15H,2,4-5,7H2,1H3. The molecule has 4 nitrogen and oxygen atoms in total. The van der Waals surface area contributed by atoms with E-state index in [2.05, 4.69) is 5.32 Å². The van der Waals surface area contributed by atoms with Crippen LogP contribution in [0.25, 0.3) is 0 Å². The van der Waals surface area contributed by atoms with Crippen molar-refractivity contribution in [3.8, 4) is 0 Å². The van der Waals surface area contributed by atoms with E-state index in [1.54, 1.807) is 5.38 Å². The summed E-state index contributed by atoms with van der Waals surface area (Å²) in [7, 11) is -3.88. The van der Waals surface area contributed by atoms with E-state index in [1.165, 1.54) is 17.4 Å². The second-order valence-corrected chi connectivity index (χ2v) is 6.49. The quantitative estimate of drug-likeness (QED) is 0.810. The van der Waals surface area contributed by atoms with E-state index in [1.807, 2.05) is 11.6 Å². The van der Waals surface area contributed by atoms with Gasteiger partial charge in [0, 0.05) is 18.0 Å². The molecule has 2 N–H and O–H groups in total. The number of hydrogen-bond donors (Lipinski definition) is 2. The summed E-state index contributed by atoms with van der Waals surface area (Å²) in [4.78, 5) is 0.627. The van der Waals surface area contributed by atoms with Gasteiger partial charge in [0.2, 0.25) is 10.0 Å². The first kappa shape index (κ1) is 16.4. The van der Waals surface area contributed by atoms with Crippen molar-refractivity contribution in [2.75, 3.05) is 13.1 Å². The summed E-state index contributed by atoms with van der Waals surface area (Å²) in [6.45, 7) is 2.29. The van der Waals surface area contributed by atoms with Crippen molar-refractivity contribution in [1.82, 2.24) is 10.0 Å². The molecule has 0 saturated carbocycles. The Balaban J connectivity index is 2.69. The smallest absolute Gasteiger partial charge is 0.312 e. The summed E-state index contributed by atoms with van der Waals surface area (Å²) in [5.41, 5.74) is 0. The molecule has 0 radical (unpaired) electrons. The molecule has 9 heteroatoms. The zero-order chi connectivity index (χ0) is 14.5. The highest BCUT2D eigenvalue weighted by atomic mass is 32.2. The molecule has 19 heavy (non-hydrogen) atoms. The first-order valence-electron chi connectivity index (χ1n) is 5.60. The van der Waals surface area contributed by atoms with Crippen LogP contribution in [-0.2, 0) is 16.6 Å². The Labute approximate surface area is 114 Å². The molecule has 110 valence electrons.